The minimum atomic E-state index is -4.65. The molecule has 24 heavy (non-hydrogen) atoms. The number of carbonyl (C=O) groups excluding carboxylic acids is 1. The van der Waals surface area contributed by atoms with Crippen molar-refractivity contribution in [1.82, 2.24) is 19.6 Å². The summed E-state index contributed by atoms with van der Waals surface area (Å²) in [6, 6.07) is 9.53. The number of halogens is 3. The Balaban J connectivity index is 1.78. The molecule has 0 amide bonds. The van der Waals surface area contributed by atoms with Crippen molar-refractivity contribution in [3.8, 4) is 0 Å². The monoisotopic (exact) mass is 332 g/mol. The number of ketones is 1. The van der Waals surface area contributed by atoms with Gasteiger partial charge in [-0.05, 0) is 17.9 Å². The van der Waals surface area contributed by atoms with Gasteiger partial charge in [0.25, 0.3) is 11.6 Å². The van der Waals surface area contributed by atoms with Crippen LogP contribution in [0.15, 0.2) is 36.5 Å². The molecule has 3 aromatic rings. The van der Waals surface area contributed by atoms with E-state index in [-0.39, 0.29) is 17.5 Å². The van der Waals surface area contributed by atoms with Gasteiger partial charge in [-0.1, -0.05) is 30.3 Å². The van der Waals surface area contributed by atoms with Crippen molar-refractivity contribution in [2.24, 2.45) is 0 Å². The first kappa shape index (κ1) is 14.8. The van der Waals surface area contributed by atoms with Gasteiger partial charge in [-0.15, -0.1) is 5.10 Å². The van der Waals surface area contributed by atoms with E-state index >= 15 is 0 Å². The summed E-state index contributed by atoms with van der Waals surface area (Å²) in [5.41, 5.74) is 1.79. The lowest BCUT2D eigenvalue weighted by molar-refractivity contribution is -0.144. The van der Waals surface area contributed by atoms with Gasteiger partial charge in [0.1, 0.15) is 0 Å². The molecule has 1 atom stereocenters. The number of hydrogen-bond acceptors (Lipinski definition) is 4. The van der Waals surface area contributed by atoms with Crippen LogP contribution in [0, 0.1) is 0 Å². The molecular weight excluding hydrogens is 321 g/mol. The highest BCUT2D eigenvalue weighted by Gasteiger charge is 2.37. The molecule has 0 N–H and O–H groups in total. The van der Waals surface area contributed by atoms with Crippen LogP contribution in [0.25, 0.3) is 5.78 Å². The SMILES string of the molecule is O=C1C[C@@H](c2ccccc2)Cc2nc3nc(C(F)(F)F)nn3cc21. The molecule has 5 nitrogen and oxygen atoms in total. The first-order chi connectivity index (χ1) is 11.4. The molecule has 0 saturated carbocycles. The summed E-state index contributed by atoms with van der Waals surface area (Å²) in [5.74, 6) is -1.60. The lowest BCUT2D eigenvalue weighted by Crippen LogP contribution is -2.21. The second kappa shape index (κ2) is 5.12. The van der Waals surface area contributed by atoms with E-state index in [1.54, 1.807) is 0 Å². The highest BCUT2D eigenvalue weighted by Crippen LogP contribution is 2.32. The van der Waals surface area contributed by atoms with E-state index in [9.17, 15) is 18.0 Å². The number of carbonyl (C=O) groups is 1. The molecule has 2 aromatic heterocycles. The zero-order chi connectivity index (χ0) is 16.9. The van der Waals surface area contributed by atoms with Gasteiger partial charge >= 0.3 is 6.18 Å². The summed E-state index contributed by atoms with van der Waals surface area (Å²) in [6.45, 7) is 0. The summed E-state index contributed by atoms with van der Waals surface area (Å²) < 4.78 is 39.1. The van der Waals surface area contributed by atoms with Crippen LogP contribution in [0.3, 0.4) is 0 Å². The quantitative estimate of drug-likeness (QED) is 0.687. The normalized spacial score (nSPS) is 18.0. The fourth-order valence-corrected chi connectivity index (χ4v) is 2.96. The number of alkyl halides is 3. The van der Waals surface area contributed by atoms with Crippen molar-refractivity contribution in [2.75, 3.05) is 0 Å². The van der Waals surface area contributed by atoms with Crippen molar-refractivity contribution >= 4 is 11.6 Å². The van der Waals surface area contributed by atoms with Crippen molar-refractivity contribution in [2.45, 2.75) is 24.9 Å². The van der Waals surface area contributed by atoms with Crippen LogP contribution in [-0.4, -0.2) is 25.4 Å². The molecule has 1 aromatic carbocycles. The van der Waals surface area contributed by atoms with Crippen LogP contribution in [0.1, 0.15) is 39.8 Å². The van der Waals surface area contributed by atoms with E-state index < -0.39 is 12.0 Å². The zero-order valence-corrected chi connectivity index (χ0v) is 12.3. The van der Waals surface area contributed by atoms with Gasteiger partial charge in [0.15, 0.2) is 5.78 Å². The third-order valence-corrected chi connectivity index (χ3v) is 4.11. The Bertz CT molecular complexity index is 934. The first-order valence-corrected chi connectivity index (χ1v) is 7.33. The minimum absolute atomic E-state index is 0.0360. The Labute approximate surface area is 134 Å². The third-order valence-electron chi connectivity index (χ3n) is 4.11. The van der Waals surface area contributed by atoms with E-state index in [4.69, 9.17) is 0 Å². The summed E-state index contributed by atoms with van der Waals surface area (Å²) in [7, 11) is 0. The van der Waals surface area contributed by atoms with Crippen LogP contribution in [-0.2, 0) is 12.6 Å². The van der Waals surface area contributed by atoms with E-state index in [0.29, 0.717) is 24.1 Å². The molecule has 122 valence electrons. The Morgan fingerprint density at radius 2 is 1.83 bits per heavy atom. The average Bonchev–Trinajstić information content (AvgIpc) is 2.97. The number of nitrogens with zero attached hydrogens (tertiary/aromatic N) is 4. The van der Waals surface area contributed by atoms with Gasteiger partial charge < -0.3 is 0 Å². The Morgan fingerprint density at radius 3 is 2.54 bits per heavy atom. The lowest BCUT2D eigenvalue weighted by Gasteiger charge is -2.22. The molecule has 0 bridgehead atoms. The van der Waals surface area contributed by atoms with E-state index in [0.717, 1.165) is 10.1 Å². The fraction of sp³-hybridized carbons (Fsp3) is 0.250. The first-order valence-electron chi connectivity index (χ1n) is 7.33. The van der Waals surface area contributed by atoms with Crippen molar-refractivity contribution < 1.29 is 18.0 Å². The van der Waals surface area contributed by atoms with Crippen molar-refractivity contribution in [3.05, 3.63) is 59.2 Å². The smallest absolute Gasteiger partial charge is 0.294 e. The molecule has 2 heterocycles. The van der Waals surface area contributed by atoms with Gasteiger partial charge in [-0.2, -0.15) is 18.2 Å². The maximum Gasteiger partial charge on any atom is 0.453 e. The Morgan fingerprint density at radius 1 is 1.08 bits per heavy atom. The number of hydrogen-bond donors (Lipinski definition) is 0. The molecule has 4 rings (SSSR count). The number of rotatable bonds is 1. The minimum Gasteiger partial charge on any atom is -0.294 e. The van der Waals surface area contributed by atoms with Crippen LogP contribution in [0.4, 0.5) is 13.2 Å². The summed E-state index contributed by atoms with van der Waals surface area (Å²) in [5, 5.41) is 3.37. The topological polar surface area (TPSA) is 60.2 Å². The standard InChI is InChI=1S/C16H11F3N4O/c17-16(18,19)14-21-15-20-12-6-10(9-4-2-1-3-5-9)7-13(24)11(12)8-23(15)22-14/h1-5,8,10H,6-7H2/t10-/m0/s1. The van der Waals surface area contributed by atoms with Gasteiger partial charge in [0, 0.05) is 12.6 Å². The molecule has 1 aliphatic carbocycles. The summed E-state index contributed by atoms with van der Waals surface area (Å²) in [4.78, 5) is 20.0. The van der Waals surface area contributed by atoms with Crippen LogP contribution in [0.5, 0.6) is 0 Å². The lowest BCUT2D eigenvalue weighted by atomic mass is 9.82. The average molecular weight is 332 g/mol. The molecule has 0 fully saturated rings. The van der Waals surface area contributed by atoms with Crippen molar-refractivity contribution in [3.63, 3.8) is 0 Å². The largest absolute Gasteiger partial charge is 0.453 e. The van der Waals surface area contributed by atoms with E-state index in [1.165, 1.54) is 6.20 Å². The van der Waals surface area contributed by atoms with Gasteiger partial charge in [-0.25, -0.2) is 9.50 Å². The Kier molecular flexibility index (Phi) is 3.16. The number of fused-ring (bicyclic) bond motifs is 2. The molecule has 0 radical (unpaired) electrons. The highest BCUT2D eigenvalue weighted by molar-refractivity contribution is 5.98. The fourth-order valence-electron chi connectivity index (χ4n) is 2.96. The second-order valence-electron chi connectivity index (χ2n) is 5.72. The molecule has 0 spiro atoms. The van der Waals surface area contributed by atoms with E-state index in [1.807, 2.05) is 30.3 Å². The maximum atomic E-state index is 12.7. The van der Waals surface area contributed by atoms with Crippen LogP contribution >= 0.6 is 0 Å². The molecular formula is C16H11F3N4O. The van der Waals surface area contributed by atoms with Crippen LogP contribution in [0.2, 0.25) is 0 Å². The molecule has 0 saturated heterocycles. The Hall–Kier alpha value is -2.77. The zero-order valence-electron chi connectivity index (χ0n) is 12.3. The number of aromatic nitrogens is 4. The third kappa shape index (κ3) is 2.44. The van der Waals surface area contributed by atoms with Gasteiger partial charge in [-0.3, -0.25) is 4.79 Å². The summed E-state index contributed by atoms with van der Waals surface area (Å²) in [6.07, 6.45) is -2.57. The van der Waals surface area contributed by atoms with Gasteiger partial charge in [0.2, 0.25) is 0 Å². The summed E-state index contributed by atoms with van der Waals surface area (Å²) >= 11 is 0. The van der Waals surface area contributed by atoms with Gasteiger partial charge in [0.05, 0.1) is 11.3 Å². The molecule has 0 aliphatic heterocycles. The molecule has 1 aliphatic rings. The van der Waals surface area contributed by atoms with Crippen molar-refractivity contribution in [1.29, 1.82) is 0 Å². The highest BCUT2D eigenvalue weighted by atomic mass is 19.4. The molecule has 8 heteroatoms. The second-order valence-corrected chi connectivity index (χ2v) is 5.72. The number of Topliss-reactive ketones (excluding diaryl/α,β-unsaturated/α-hetero) is 1. The predicted molar refractivity (Wildman–Crippen MR) is 77.6 cm³/mol. The van der Waals surface area contributed by atoms with Crippen LogP contribution < -0.4 is 0 Å². The maximum absolute atomic E-state index is 12.7. The molecule has 0 unspecified atom stereocenters. The number of benzene rings is 1. The predicted octanol–water partition coefficient (Wildman–Crippen LogP) is 3.06. The van der Waals surface area contributed by atoms with E-state index in [2.05, 4.69) is 15.1 Å².